The van der Waals surface area contributed by atoms with Crippen molar-refractivity contribution in [2.75, 3.05) is 59.4 Å². The van der Waals surface area contributed by atoms with Gasteiger partial charge in [-0.15, -0.1) is 24.0 Å². The standard InChI is InChI=1S/C20H41N5.HI/c1-6-24(7-2)19-10-12-25(16-19)20(21-5)22-13-18-9-8-11-23(15-18)14-17(3)4;/h17-19H,6-16H2,1-5H3,(H,21,22);1H. The second kappa shape index (κ2) is 12.4. The number of nitrogens with zero attached hydrogens (tertiary/aromatic N) is 4. The lowest BCUT2D eigenvalue weighted by Gasteiger charge is -2.34. The van der Waals surface area contributed by atoms with Gasteiger partial charge in [0.1, 0.15) is 0 Å². The summed E-state index contributed by atoms with van der Waals surface area (Å²) in [5.41, 5.74) is 0. The van der Waals surface area contributed by atoms with Crippen molar-refractivity contribution in [1.29, 1.82) is 0 Å². The van der Waals surface area contributed by atoms with E-state index in [0.717, 1.165) is 50.5 Å². The van der Waals surface area contributed by atoms with Crippen LogP contribution in [0.3, 0.4) is 0 Å². The Balaban J connectivity index is 0.00000338. The smallest absolute Gasteiger partial charge is 0.193 e. The monoisotopic (exact) mass is 479 g/mol. The molecule has 26 heavy (non-hydrogen) atoms. The van der Waals surface area contributed by atoms with Crippen molar-refractivity contribution in [1.82, 2.24) is 20.0 Å². The summed E-state index contributed by atoms with van der Waals surface area (Å²) in [7, 11) is 1.93. The van der Waals surface area contributed by atoms with E-state index in [2.05, 4.69) is 52.7 Å². The van der Waals surface area contributed by atoms with Gasteiger partial charge in [0, 0.05) is 45.8 Å². The second-order valence-corrected chi connectivity index (χ2v) is 8.20. The van der Waals surface area contributed by atoms with Crippen molar-refractivity contribution < 1.29 is 0 Å². The summed E-state index contributed by atoms with van der Waals surface area (Å²) in [6, 6.07) is 0.685. The number of rotatable bonds is 7. The Labute approximate surface area is 179 Å². The Hall–Kier alpha value is -0.0800. The van der Waals surface area contributed by atoms with Gasteiger partial charge in [-0.1, -0.05) is 27.7 Å². The number of guanidine groups is 1. The van der Waals surface area contributed by atoms with Gasteiger partial charge < -0.3 is 15.1 Å². The van der Waals surface area contributed by atoms with E-state index in [0.29, 0.717) is 6.04 Å². The fourth-order valence-corrected chi connectivity index (χ4v) is 4.54. The topological polar surface area (TPSA) is 34.1 Å². The average molecular weight is 479 g/mol. The van der Waals surface area contributed by atoms with Gasteiger partial charge in [0.05, 0.1) is 0 Å². The summed E-state index contributed by atoms with van der Waals surface area (Å²) in [6.07, 6.45) is 3.94. The molecule has 2 heterocycles. The highest BCUT2D eigenvalue weighted by Crippen LogP contribution is 2.18. The number of likely N-dealkylation sites (tertiary alicyclic amines) is 2. The minimum Gasteiger partial charge on any atom is -0.356 e. The molecule has 154 valence electrons. The molecular weight excluding hydrogens is 437 g/mol. The molecule has 2 rings (SSSR count). The summed E-state index contributed by atoms with van der Waals surface area (Å²) in [6.45, 7) is 18.5. The van der Waals surface area contributed by atoms with E-state index in [9.17, 15) is 0 Å². The van der Waals surface area contributed by atoms with Gasteiger partial charge in [-0.3, -0.25) is 9.89 Å². The van der Waals surface area contributed by atoms with E-state index in [1.807, 2.05) is 7.05 Å². The first-order chi connectivity index (χ1) is 12.1. The zero-order valence-corrected chi connectivity index (χ0v) is 20.0. The number of nitrogens with one attached hydrogen (secondary N) is 1. The molecular formula is C20H42IN5. The van der Waals surface area contributed by atoms with Gasteiger partial charge in [0.15, 0.2) is 5.96 Å². The van der Waals surface area contributed by atoms with Crippen LogP contribution in [-0.2, 0) is 0 Å². The predicted octanol–water partition coefficient (Wildman–Crippen LogP) is 2.96. The number of hydrogen-bond acceptors (Lipinski definition) is 3. The zero-order valence-electron chi connectivity index (χ0n) is 17.7. The SMILES string of the molecule is CCN(CC)C1CCN(C(=NC)NCC2CCCN(CC(C)C)C2)C1.I. The molecule has 0 saturated carbocycles. The molecule has 1 N–H and O–H groups in total. The van der Waals surface area contributed by atoms with Crippen molar-refractivity contribution in [3.8, 4) is 0 Å². The third-order valence-corrected chi connectivity index (χ3v) is 5.78. The van der Waals surface area contributed by atoms with E-state index < -0.39 is 0 Å². The molecule has 0 aliphatic carbocycles. The van der Waals surface area contributed by atoms with E-state index in [1.54, 1.807) is 0 Å². The first-order valence-electron chi connectivity index (χ1n) is 10.5. The Morgan fingerprint density at radius 1 is 1.15 bits per heavy atom. The van der Waals surface area contributed by atoms with Crippen LogP contribution < -0.4 is 5.32 Å². The van der Waals surface area contributed by atoms with Crippen LogP contribution in [0, 0.1) is 11.8 Å². The maximum absolute atomic E-state index is 4.57. The van der Waals surface area contributed by atoms with Crippen molar-refractivity contribution in [2.24, 2.45) is 16.8 Å². The van der Waals surface area contributed by atoms with Crippen LogP contribution in [-0.4, -0.2) is 86.1 Å². The average Bonchev–Trinajstić information content (AvgIpc) is 3.06. The van der Waals surface area contributed by atoms with Crippen LogP contribution in [0.15, 0.2) is 4.99 Å². The minimum absolute atomic E-state index is 0. The Kier molecular flexibility index (Phi) is 11.4. The summed E-state index contributed by atoms with van der Waals surface area (Å²) >= 11 is 0. The number of piperidine rings is 1. The van der Waals surface area contributed by atoms with E-state index in [-0.39, 0.29) is 24.0 Å². The quantitative estimate of drug-likeness (QED) is 0.346. The fourth-order valence-electron chi connectivity index (χ4n) is 4.54. The molecule has 0 amide bonds. The van der Waals surface area contributed by atoms with Crippen LogP contribution in [0.4, 0.5) is 0 Å². The van der Waals surface area contributed by atoms with Gasteiger partial charge >= 0.3 is 0 Å². The van der Waals surface area contributed by atoms with Crippen LogP contribution >= 0.6 is 24.0 Å². The van der Waals surface area contributed by atoms with Gasteiger partial charge in [-0.25, -0.2) is 0 Å². The molecule has 2 aliphatic rings. The first-order valence-corrected chi connectivity index (χ1v) is 10.5. The number of hydrogen-bond donors (Lipinski definition) is 1. The maximum Gasteiger partial charge on any atom is 0.193 e. The van der Waals surface area contributed by atoms with Gasteiger partial charge in [-0.2, -0.15) is 0 Å². The molecule has 2 aliphatic heterocycles. The Morgan fingerprint density at radius 2 is 1.88 bits per heavy atom. The van der Waals surface area contributed by atoms with Crippen molar-refractivity contribution in [3.05, 3.63) is 0 Å². The highest BCUT2D eigenvalue weighted by molar-refractivity contribution is 14.0. The molecule has 2 fully saturated rings. The summed E-state index contributed by atoms with van der Waals surface area (Å²) < 4.78 is 0. The molecule has 6 heteroatoms. The normalized spacial score (nSPS) is 25.0. The first kappa shape index (κ1) is 24.0. The van der Waals surface area contributed by atoms with E-state index in [4.69, 9.17) is 0 Å². The zero-order chi connectivity index (χ0) is 18.2. The Morgan fingerprint density at radius 3 is 2.50 bits per heavy atom. The molecule has 2 saturated heterocycles. The fraction of sp³-hybridized carbons (Fsp3) is 0.950. The minimum atomic E-state index is 0. The lowest BCUT2D eigenvalue weighted by molar-refractivity contribution is 0.159. The summed E-state index contributed by atoms with van der Waals surface area (Å²) in [5, 5.41) is 3.68. The van der Waals surface area contributed by atoms with E-state index in [1.165, 1.54) is 38.9 Å². The second-order valence-electron chi connectivity index (χ2n) is 8.20. The third kappa shape index (κ3) is 7.15. The third-order valence-electron chi connectivity index (χ3n) is 5.78. The number of aliphatic imine (C=N–C) groups is 1. The molecule has 5 nitrogen and oxygen atoms in total. The van der Waals surface area contributed by atoms with Crippen LogP contribution in [0.2, 0.25) is 0 Å². The number of halogens is 1. The largest absolute Gasteiger partial charge is 0.356 e. The van der Waals surface area contributed by atoms with Crippen LogP contribution in [0.25, 0.3) is 0 Å². The molecule has 0 aromatic rings. The number of likely N-dealkylation sites (N-methyl/N-ethyl adjacent to an activating group) is 1. The summed E-state index contributed by atoms with van der Waals surface area (Å²) in [4.78, 5) is 12.3. The van der Waals surface area contributed by atoms with Crippen molar-refractivity contribution in [3.63, 3.8) is 0 Å². The van der Waals surface area contributed by atoms with Crippen molar-refractivity contribution >= 4 is 29.9 Å². The molecule has 0 aromatic carbocycles. The maximum atomic E-state index is 4.57. The summed E-state index contributed by atoms with van der Waals surface area (Å²) in [5.74, 6) is 2.63. The van der Waals surface area contributed by atoms with Gasteiger partial charge in [0.25, 0.3) is 0 Å². The highest BCUT2D eigenvalue weighted by Gasteiger charge is 2.28. The molecule has 0 aromatic heterocycles. The van der Waals surface area contributed by atoms with Gasteiger partial charge in [-0.05, 0) is 50.7 Å². The Bertz CT molecular complexity index is 411. The van der Waals surface area contributed by atoms with E-state index >= 15 is 0 Å². The van der Waals surface area contributed by atoms with Crippen LogP contribution in [0.1, 0.15) is 47.0 Å². The molecule has 0 radical (unpaired) electrons. The van der Waals surface area contributed by atoms with Crippen molar-refractivity contribution in [2.45, 2.75) is 53.0 Å². The lowest BCUT2D eigenvalue weighted by Crippen LogP contribution is -2.47. The van der Waals surface area contributed by atoms with Gasteiger partial charge in [0.2, 0.25) is 0 Å². The highest BCUT2D eigenvalue weighted by atomic mass is 127. The molecule has 2 atom stereocenters. The van der Waals surface area contributed by atoms with Crippen LogP contribution in [0.5, 0.6) is 0 Å². The predicted molar refractivity (Wildman–Crippen MR) is 124 cm³/mol. The molecule has 0 spiro atoms. The lowest BCUT2D eigenvalue weighted by atomic mass is 9.97. The molecule has 0 bridgehead atoms. The molecule has 2 unspecified atom stereocenters.